The standard InChI is InChI=1S/C11H22N2O5S2/c1-8-6-13(7-9(2)18-8)20(16,17)12-10(11(14)15)4-5-19-3/h8-10,12H,4-7H2,1-3H3,(H,14,15)/t8?,9?,10-/m0/s1. The molecule has 1 aliphatic heterocycles. The number of morpholine rings is 1. The van der Waals surface area contributed by atoms with E-state index in [1.54, 1.807) is 13.8 Å². The molecular formula is C11H22N2O5S2. The number of nitrogens with one attached hydrogen (secondary N) is 1. The van der Waals surface area contributed by atoms with E-state index in [4.69, 9.17) is 9.84 Å². The predicted octanol–water partition coefficient (Wildman–Crippen LogP) is 0.136. The van der Waals surface area contributed by atoms with Crippen molar-refractivity contribution in [2.75, 3.05) is 25.1 Å². The average Bonchev–Trinajstić information content (AvgIpc) is 2.32. The number of carboxylic acids is 1. The van der Waals surface area contributed by atoms with Gasteiger partial charge in [-0.15, -0.1) is 0 Å². The summed E-state index contributed by atoms with van der Waals surface area (Å²) in [6.07, 6.45) is 1.69. The minimum absolute atomic E-state index is 0.204. The van der Waals surface area contributed by atoms with Crippen LogP contribution >= 0.6 is 11.8 Å². The summed E-state index contributed by atoms with van der Waals surface area (Å²) < 4.78 is 33.5. The van der Waals surface area contributed by atoms with E-state index in [2.05, 4.69) is 4.72 Å². The Balaban J connectivity index is 2.73. The summed E-state index contributed by atoms with van der Waals surface area (Å²) in [6, 6.07) is -1.10. The average molecular weight is 326 g/mol. The molecule has 1 saturated heterocycles. The largest absolute Gasteiger partial charge is 0.480 e. The van der Waals surface area contributed by atoms with Crippen LogP contribution in [0.25, 0.3) is 0 Å². The fourth-order valence-electron chi connectivity index (χ4n) is 2.05. The van der Waals surface area contributed by atoms with E-state index >= 15 is 0 Å². The Kier molecular flexibility index (Phi) is 6.73. The molecule has 9 heteroatoms. The van der Waals surface area contributed by atoms with Gasteiger partial charge in [-0.1, -0.05) is 0 Å². The molecule has 0 radical (unpaired) electrons. The van der Waals surface area contributed by atoms with Crippen LogP contribution < -0.4 is 4.72 Å². The molecule has 2 unspecified atom stereocenters. The van der Waals surface area contributed by atoms with Crippen molar-refractivity contribution >= 4 is 27.9 Å². The molecular weight excluding hydrogens is 304 g/mol. The van der Waals surface area contributed by atoms with Crippen molar-refractivity contribution < 1.29 is 23.1 Å². The van der Waals surface area contributed by atoms with Crippen LogP contribution in [0.1, 0.15) is 20.3 Å². The van der Waals surface area contributed by atoms with Gasteiger partial charge in [0.05, 0.1) is 12.2 Å². The molecule has 0 spiro atoms. The van der Waals surface area contributed by atoms with Crippen LogP contribution in [0.15, 0.2) is 0 Å². The van der Waals surface area contributed by atoms with Crippen LogP contribution in [0.3, 0.4) is 0 Å². The summed E-state index contributed by atoms with van der Waals surface area (Å²) >= 11 is 1.48. The van der Waals surface area contributed by atoms with E-state index in [-0.39, 0.29) is 31.7 Å². The van der Waals surface area contributed by atoms with Crippen molar-refractivity contribution in [1.82, 2.24) is 9.03 Å². The molecule has 0 saturated carbocycles. The number of hydrogen-bond acceptors (Lipinski definition) is 5. The molecule has 0 aromatic carbocycles. The van der Waals surface area contributed by atoms with Crippen molar-refractivity contribution in [3.63, 3.8) is 0 Å². The number of thioether (sulfide) groups is 1. The number of nitrogens with zero attached hydrogens (tertiary/aromatic N) is 1. The van der Waals surface area contributed by atoms with Crippen LogP contribution in [-0.2, 0) is 19.7 Å². The third-order valence-corrected chi connectivity index (χ3v) is 5.13. The molecule has 1 heterocycles. The van der Waals surface area contributed by atoms with Crippen molar-refractivity contribution in [2.45, 2.75) is 38.5 Å². The Bertz CT molecular complexity index is 419. The summed E-state index contributed by atoms with van der Waals surface area (Å²) in [5, 5.41) is 9.09. The molecule has 2 N–H and O–H groups in total. The highest BCUT2D eigenvalue weighted by molar-refractivity contribution is 7.98. The fourth-order valence-corrected chi connectivity index (χ4v) is 4.06. The van der Waals surface area contributed by atoms with Gasteiger partial charge in [-0.3, -0.25) is 4.79 Å². The van der Waals surface area contributed by atoms with Gasteiger partial charge >= 0.3 is 5.97 Å². The monoisotopic (exact) mass is 326 g/mol. The van der Waals surface area contributed by atoms with Gasteiger partial charge in [-0.2, -0.15) is 29.2 Å². The summed E-state index contributed by atoms with van der Waals surface area (Å²) in [6.45, 7) is 4.05. The van der Waals surface area contributed by atoms with E-state index in [0.29, 0.717) is 5.75 Å². The molecule has 3 atom stereocenters. The van der Waals surface area contributed by atoms with Crippen molar-refractivity contribution in [3.05, 3.63) is 0 Å². The van der Waals surface area contributed by atoms with Gasteiger partial charge < -0.3 is 9.84 Å². The molecule has 0 aromatic rings. The quantitative estimate of drug-likeness (QED) is 0.691. The topological polar surface area (TPSA) is 95.9 Å². The molecule has 7 nitrogen and oxygen atoms in total. The van der Waals surface area contributed by atoms with Crippen molar-refractivity contribution in [3.8, 4) is 0 Å². The number of carbonyl (C=O) groups is 1. The molecule has 1 fully saturated rings. The van der Waals surface area contributed by atoms with E-state index in [9.17, 15) is 13.2 Å². The Morgan fingerprint density at radius 1 is 1.45 bits per heavy atom. The normalized spacial score (nSPS) is 26.4. The van der Waals surface area contributed by atoms with Gasteiger partial charge in [0.2, 0.25) is 0 Å². The number of ether oxygens (including phenoxy) is 1. The van der Waals surface area contributed by atoms with Crippen LogP contribution in [0.2, 0.25) is 0 Å². The zero-order chi connectivity index (χ0) is 15.3. The minimum Gasteiger partial charge on any atom is -0.480 e. The maximum absolute atomic E-state index is 12.2. The summed E-state index contributed by atoms with van der Waals surface area (Å²) in [7, 11) is -3.81. The first-order chi connectivity index (χ1) is 9.26. The number of aliphatic carboxylic acids is 1. The lowest BCUT2D eigenvalue weighted by Gasteiger charge is -2.34. The smallest absolute Gasteiger partial charge is 0.321 e. The van der Waals surface area contributed by atoms with Crippen LogP contribution in [0, 0.1) is 0 Å². The van der Waals surface area contributed by atoms with Gasteiger partial charge in [0.1, 0.15) is 6.04 Å². The Labute approximate surface area is 124 Å². The predicted molar refractivity (Wildman–Crippen MR) is 78.1 cm³/mol. The van der Waals surface area contributed by atoms with E-state index in [1.165, 1.54) is 16.1 Å². The zero-order valence-electron chi connectivity index (χ0n) is 11.9. The highest BCUT2D eigenvalue weighted by Crippen LogP contribution is 2.14. The van der Waals surface area contributed by atoms with E-state index in [1.807, 2.05) is 6.26 Å². The van der Waals surface area contributed by atoms with Crippen LogP contribution in [0.4, 0.5) is 0 Å². The van der Waals surface area contributed by atoms with Crippen LogP contribution in [-0.4, -0.2) is 67.1 Å². The zero-order valence-corrected chi connectivity index (χ0v) is 13.5. The summed E-state index contributed by atoms with van der Waals surface area (Å²) in [5.41, 5.74) is 0. The van der Waals surface area contributed by atoms with Crippen LogP contribution in [0.5, 0.6) is 0 Å². The maximum Gasteiger partial charge on any atom is 0.321 e. The molecule has 0 aliphatic carbocycles. The maximum atomic E-state index is 12.2. The Morgan fingerprint density at radius 2 is 2.00 bits per heavy atom. The van der Waals surface area contributed by atoms with E-state index in [0.717, 1.165) is 0 Å². The summed E-state index contributed by atoms with van der Waals surface area (Å²) in [4.78, 5) is 11.1. The van der Waals surface area contributed by atoms with Gasteiger partial charge in [-0.25, -0.2) is 0 Å². The minimum atomic E-state index is -3.81. The highest BCUT2D eigenvalue weighted by atomic mass is 32.2. The molecule has 0 amide bonds. The summed E-state index contributed by atoms with van der Waals surface area (Å²) in [5.74, 6) is -0.577. The lowest BCUT2D eigenvalue weighted by molar-refractivity contribution is -0.139. The molecule has 0 aromatic heterocycles. The van der Waals surface area contributed by atoms with Crippen molar-refractivity contribution in [2.24, 2.45) is 0 Å². The van der Waals surface area contributed by atoms with Gasteiger partial charge in [0.15, 0.2) is 0 Å². The molecule has 118 valence electrons. The second-order valence-corrected chi connectivity index (χ2v) is 7.56. The molecule has 1 rings (SSSR count). The lowest BCUT2D eigenvalue weighted by Crippen LogP contribution is -2.55. The number of hydrogen-bond donors (Lipinski definition) is 2. The van der Waals surface area contributed by atoms with Gasteiger partial charge in [-0.05, 0) is 32.3 Å². The molecule has 20 heavy (non-hydrogen) atoms. The number of carboxylic acid groups (broad SMARTS) is 1. The third-order valence-electron chi connectivity index (χ3n) is 2.93. The van der Waals surface area contributed by atoms with Crippen molar-refractivity contribution in [1.29, 1.82) is 0 Å². The first kappa shape index (κ1) is 17.7. The third kappa shape index (κ3) is 5.21. The van der Waals surface area contributed by atoms with E-state index < -0.39 is 22.2 Å². The Hall–Kier alpha value is -0.350. The lowest BCUT2D eigenvalue weighted by atomic mass is 10.2. The fraction of sp³-hybridized carbons (Fsp3) is 0.909. The first-order valence-corrected chi connectivity index (χ1v) is 9.24. The van der Waals surface area contributed by atoms with Gasteiger partial charge in [0.25, 0.3) is 10.2 Å². The number of rotatable bonds is 7. The second-order valence-electron chi connectivity index (χ2n) is 4.87. The molecule has 1 aliphatic rings. The first-order valence-electron chi connectivity index (χ1n) is 6.41. The Morgan fingerprint density at radius 3 is 2.45 bits per heavy atom. The SMILES string of the molecule is CSCC[C@H](NS(=O)(=O)N1CC(C)OC(C)C1)C(=O)O. The second kappa shape index (κ2) is 7.60. The van der Waals surface area contributed by atoms with Gasteiger partial charge in [0, 0.05) is 13.1 Å². The molecule has 0 bridgehead atoms. The highest BCUT2D eigenvalue weighted by Gasteiger charge is 2.33.